The minimum Gasteiger partial charge on any atom is -0.354 e. The van der Waals surface area contributed by atoms with E-state index in [1.54, 1.807) is 6.92 Å². The molecule has 1 aliphatic heterocycles. The molecule has 1 amide bonds. The summed E-state index contributed by atoms with van der Waals surface area (Å²) in [5, 5.41) is 5.90. The predicted octanol–water partition coefficient (Wildman–Crippen LogP) is 0.0679. The molecule has 0 aliphatic carbocycles. The van der Waals surface area contributed by atoms with Crippen LogP contribution >= 0.6 is 0 Å². The Bertz CT molecular complexity index is 354. The molecule has 0 aromatic rings. The highest BCUT2D eigenvalue weighted by Gasteiger charge is 2.23. The van der Waals surface area contributed by atoms with Gasteiger partial charge in [0.15, 0.2) is 9.84 Å². The van der Waals surface area contributed by atoms with Gasteiger partial charge in [-0.1, -0.05) is 6.92 Å². The van der Waals surface area contributed by atoms with Gasteiger partial charge in [-0.15, -0.1) is 0 Å². The number of carbonyl (C=O) groups is 1. The predicted molar refractivity (Wildman–Crippen MR) is 67.6 cm³/mol. The minimum atomic E-state index is -2.99. The average Bonchev–Trinajstić information content (AvgIpc) is 2.28. The Hall–Kier alpha value is -0.620. The summed E-state index contributed by atoms with van der Waals surface area (Å²) in [7, 11) is -2.99. The van der Waals surface area contributed by atoms with E-state index in [1.165, 1.54) is 0 Å². The van der Waals surface area contributed by atoms with E-state index < -0.39 is 9.84 Å². The van der Waals surface area contributed by atoms with E-state index in [2.05, 4.69) is 17.6 Å². The Kier molecular flexibility index (Phi) is 5.39. The number of hydrogen-bond acceptors (Lipinski definition) is 4. The van der Waals surface area contributed by atoms with Crippen LogP contribution in [0.25, 0.3) is 0 Å². The third kappa shape index (κ3) is 5.04. The highest BCUT2D eigenvalue weighted by atomic mass is 32.2. The van der Waals surface area contributed by atoms with Crippen molar-refractivity contribution in [1.29, 1.82) is 0 Å². The maximum atomic E-state index is 11.7. The molecule has 0 saturated carbocycles. The molecule has 1 saturated heterocycles. The maximum absolute atomic E-state index is 11.7. The summed E-state index contributed by atoms with van der Waals surface area (Å²) in [5.74, 6) is 0.0712. The van der Waals surface area contributed by atoms with Crippen molar-refractivity contribution < 1.29 is 13.2 Å². The average molecular weight is 262 g/mol. The summed E-state index contributed by atoms with van der Waals surface area (Å²) in [6, 6.07) is 0.196. The molecular formula is C11H22N2O3S. The zero-order chi connectivity index (χ0) is 12.9. The molecule has 1 fully saturated rings. The van der Waals surface area contributed by atoms with Gasteiger partial charge in [-0.3, -0.25) is 4.79 Å². The highest BCUT2D eigenvalue weighted by molar-refractivity contribution is 7.91. The lowest BCUT2D eigenvalue weighted by atomic mass is 9.99. The van der Waals surface area contributed by atoms with Gasteiger partial charge in [0.2, 0.25) is 5.91 Å². The van der Waals surface area contributed by atoms with Gasteiger partial charge >= 0.3 is 0 Å². The Morgan fingerprint density at radius 3 is 2.71 bits per heavy atom. The van der Waals surface area contributed by atoms with Gasteiger partial charge in [0.25, 0.3) is 0 Å². The van der Waals surface area contributed by atoms with Gasteiger partial charge in [0, 0.05) is 18.3 Å². The molecule has 2 atom stereocenters. The number of piperidine rings is 1. The Labute approximate surface area is 103 Å². The molecule has 17 heavy (non-hydrogen) atoms. The third-order valence-electron chi connectivity index (χ3n) is 3.08. The van der Waals surface area contributed by atoms with Gasteiger partial charge < -0.3 is 10.6 Å². The third-order valence-corrected chi connectivity index (χ3v) is 4.79. The zero-order valence-electron chi connectivity index (χ0n) is 10.5. The second kappa shape index (κ2) is 6.35. The molecular weight excluding hydrogens is 240 g/mol. The molecule has 2 unspecified atom stereocenters. The van der Waals surface area contributed by atoms with E-state index in [9.17, 15) is 13.2 Å². The Morgan fingerprint density at radius 2 is 2.12 bits per heavy atom. The molecule has 1 aliphatic rings. The monoisotopic (exact) mass is 262 g/mol. The second-order valence-electron chi connectivity index (χ2n) is 4.58. The number of nitrogens with one attached hydrogen (secondary N) is 2. The molecule has 1 heterocycles. The van der Waals surface area contributed by atoms with Crippen molar-refractivity contribution in [3.8, 4) is 0 Å². The van der Waals surface area contributed by atoms with E-state index in [-0.39, 0.29) is 30.0 Å². The fourth-order valence-electron chi connectivity index (χ4n) is 1.94. The second-order valence-corrected chi connectivity index (χ2v) is 7.05. The highest BCUT2D eigenvalue weighted by Crippen LogP contribution is 2.12. The van der Waals surface area contributed by atoms with E-state index in [1.807, 2.05) is 0 Å². The van der Waals surface area contributed by atoms with Crippen molar-refractivity contribution in [3.05, 3.63) is 0 Å². The van der Waals surface area contributed by atoms with Crippen molar-refractivity contribution >= 4 is 15.7 Å². The molecule has 0 bridgehead atoms. The van der Waals surface area contributed by atoms with Crippen LogP contribution in [0.5, 0.6) is 0 Å². The summed E-state index contributed by atoms with van der Waals surface area (Å²) in [6.07, 6.45) is 2.96. The molecule has 0 aromatic carbocycles. The number of amides is 1. The van der Waals surface area contributed by atoms with Crippen LogP contribution in [-0.4, -0.2) is 44.5 Å². The number of rotatable bonds is 5. The first-order valence-electron chi connectivity index (χ1n) is 6.19. The van der Waals surface area contributed by atoms with Crippen LogP contribution in [0.2, 0.25) is 0 Å². The summed E-state index contributed by atoms with van der Waals surface area (Å²) in [4.78, 5) is 11.7. The summed E-state index contributed by atoms with van der Waals surface area (Å²) in [5.41, 5.74) is 0. The van der Waals surface area contributed by atoms with Crippen molar-refractivity contribution in [3.63, 3.8) is 0 Å². The van der Waals surface area contributed by atoms with Crippen molar-refractivity contribution in [2.24, 2.45) is 0 Å². The zero-order valence-corrected chi connectivity index (χ0v) is 11.3. The molecule has 5 nitrogen and oxygen atoms in total. The molecule has 100 valence electrons. The van der Waals surface area contributed by atoms with Crippen LogP contribution in [-0.2, 0) is 14.6 Å². The quantitative estimate of drug-likeness (QED) is 0.735. The fraction of sp³-hybridized carbons (Fsp3) is 0.909. The van der Waals surface area contributed by atoms with Crippen LogP contribution < -0.4 is 10.6 Å². The van der Waals surface area contributed by atoms with Crippen molar-refractivity contribution in [2.45, 2.75) is 45.2 Å². The van der Waals surface area contributed by atoms with Crippen LogP contribution in [0.3, 0.4) is 0 Å². The Morgan fingerprint density at radius 1 is 1.41 bits per heavy atom. The van der Waals surface area contributed by atoms with E-state index in [0.29, 0.717) is 6.04 Å². The van der Waals surface area contributed by atoms with Crippen LogP contribution in [0.4, 0.5) is 0 Å². The largest absolute Gasteiger partial charge is 0.354 e. The van der Waals surface area contributed by atoms with Gasteiger partial charge in [-0.25, -0.2) is 8.42 Å². The summed E-state index contributed by atoms with van der Waals surface area (Å²) < 4.78 is 22.5. The number of hydrogen-bond donors (Lipinski definition) is 2. The van der Waals surface area contributed by atoms with Gasteiger partial charge in [0.05, 0.1) is 11.8 Å². The fourth-order valence-corrected chi connectivity index (χ4v) is 2.64. The summed E-state index contributed by atoms with van der Waals surface area (Å²) >= 11 is 0. The smallest absolute Gasteiger partial charge is 0.237 e. The summed E-state index contributed by atoms with van der Waals surface area (Å²) in [6.45, 7) is 3.88. The van der Waals surface area contributed by atoms with Crippen molar-refractivity contribution in [2.75, 3.05) is 18.1 Å². The van der Waals surface area contributed by atoms with E-state index in [4.69, 9.17) is 0 Å². The molecule has 0 spiro atoms. The molecule has 0 aromatic heterocycles. The lowest BCUT2D eigenvalue weighted by Crippen LogP contribution is -2.50. The Balaban J connectivity index is 2.30. The SMILES string of the molecule is CCS(=O)(=O)CCNC(=O)C1CCCC(C)N1. The molecule has 6 heteroatoms. The van der Waals surface area contributed by atoms with Gasteiger partial charge in [-0.05, 0) is 26.2 Å². The van der Waals surface area contributed by atoms with Crippen LogP contribution in [0.1, 0.15) is 33.1 Å². The molecule has 1 rings (SSSR count). The van der Waals surface area contributed by atoms with Gasteiger partial charge in [0.1, 0.15) is 0 Å². The number of carbonyl (C=O) groups excluding carboxylic acids is 1. The van der Waals surface area contributed by atoms with E-state index in [0.717, 1.165) is 19.3 Å². The van der Waals surface area contributed by atoms with Crippen LogP contribution in [0, 0.1) is 0 Å². The number of sulfone groups is 1. The van der Waals surface area contributed by atoms with Crippen molar-refractivity contribution in [1.82, 2.24) is 10.6 Å². The topological polar surface area (TPSA) is 75.3 Å². The standard InChI is InChI=1S/C11H22N2O3S/c1-3-17(15,16)8-7-12-11(14)10-6-4-5-9(2)13-10/h9-10,13H,3-8H2,1-2H3,(H,12,14). The molecule has 2 N–H and O–H groups in total. The molecule has 0 radical (unpaired) electrons. The first-order valence-corrected chi connectivity index (χ1v) is 8.01. The van der Waals surface area contributed by atoms with Gasteiger partial charge in [-0.2, -0.15) is 0 Å². The lowest BCUT2D eigenvalue weighted by Gasteiger charge is -2.27. The van der Waals surface area contributed by atoms with E-state index >= 15 is 0 Å². The minimum absolute atomic E-state index is 0.0253. The maximum Gasteiger partial charge on any atom is 0.237 e. The first kappa shape index (κ1) is 14.4. The lowest BCUT2D eigenvalue weighted by molar-refractivity contribution is -0.123. The van der Waals surface area contributed by atoms with Crippen LogP contribution in [0.15, 0.2) is 0 Å². The normalized spacial score (nSPS) is 25.5. The first-order chi connectivity index (χ1) is 7.94.